The van der Waals surface area contributed by atoms with Crippen molar-refractivity contribution in [2.24, 2.45) is 0 Å². The molecule has 4 rings (SSSR count). The summed E-state index contributed by atoms with van der Waals surface area (Å²) in [5.41, 5.74) is 0.0368. The van der Waals surface area contributed by atoms with E-state index in [1.165, 1.54) is 30.1 Å². The van der Waals surface area contributed by atoms with Crippen LogP contribution in [-0.4, -0.2) is 57.8 Å². The second-order valence-corrected chi connectivity index (χ2v) is 8.43. The monoisotopic (exact) mass is 499 g/mol. The molecule has 2 aromatic heterocycles. The van der Waals surface area contributed by atoms with Crippen LogP contribution in [-0.2, 0) is 6.18 Å². The van der Waals surface area contributed by atoms with Crippen LogP contribution in [0.4, 0.5) is 23.4 Å². The molecule has 0 aliphatic carbocycles. The van der Waals surface area contributed by atoms with E-state index in [4.69, 9.17) is 11.6 Å². The van der Waals surface area contributed by atoms with Crippen LogP contribution < -0.4 is 4.90 Å². The van der Waals surface area contributed by atoms with Crippen LogP contribution in [0.2, 0.25) is 5.02 Å². The SMILES string of the molecule is CSc1ncc(C(=O)N2CCN(c3ncc(C(F)(F)F)cc3Cl)CC2)n1-c1ccc(F)cc1. The van der Waals surface area contributed by atoms with Gasteiger partial charge in [0, 0.05) is 38.1 Å². The van der Waals surface area contributed by atoms with Gasteiger partial charge in [0.2, 0.25) is 0 Å². The minimum absolute atomic E-state index is 0.0939. The van der Waals surface area contributed by atoms with Gasteiger partial charge in [-0.1, -0.05) is 23.4 Å². The van der Waals surface area contributed by atoms with Crippen molar-refractivity contribution in [2.45, 2.75) is 11.3 Å². The summed E-state index contributed by atoms with van der Waals surface area (Å²) < 4.78 is 53.6. The van der Waals surface area contributed by atoms with E-state index in [-0.39, 0.29) is 22.6 Å². The first-order valence-electron chi connectivity index (χ1n) is 9.83. The molecule has 0 radical (unpaired) electrons. The van der Waals surface area contributed by atoms with Crippen LogP contribution in [0.3, 0.4) is 0 Å². The fraction of sp³-hybridized carbons (Fsp3) is 0.286. The van der Waals surface area contributed by atoms with Gasteiger partial charge in [0.05, 0.1) is 16.8 Å². The zero-order chi connectivity index (χ0) is 23.8. The van der Waals surface area contributed by atoms with E-state index in [0.29, 0.717) is 42.7 Å². The molecule has 3 aromatic rings. The minimum atomic E-state index is -4.52. The van der Waals surface area contributed by atoms with Gasteiger partial charge in [-0.25, -0.2) is 14.4 Å². The number of benzene rings is 1. The highest BCUT2D eigenvalue weighted by atomic mass is 35.5. The minimum Gasteiger partial charge on any atom is -0.352 e. The van der Waals surface area contributed by atoms with Crippen LogP contribution in [0.5, 0.6) is 0 Å². The number of carbonyl (C=O) groups excluding carboxylic acids is 1. The Bertz CT molecular complexity index is 1160. The first-order valence-corrected chi connectivity index (χ1v) is 11.4. The second-order valence-electron chi connectivity index (χ2n) is 7.25. The van der Waals surface area contributed by atoms with Crippen molar-refractivity contribution in [2.75, 3.05) is 37.3 Å². The van der Waals surface area contributed by atoms with Crippen molar-refractivity contribution in [3.63, 3.8) is 0 Å². The lowest BCUT2D eigenvalue weighted by Gasteiger charge is -2.35. The van der Waals surface area contributed by atoms with Gasteiger partial charge in [-0.3, -0.25) is 9.36 Å². The Kier molecular flexibility index (Phi) is 6.53. The summed E-state index contributed by atoms with van der Waals surface area (Å²) in [4.78, 5) is 24.8. The number of carbonyl (C=O) groups is 1. The number of anilines is 1. The molecular weight excluding hydrogens is 482 g/mol. The van der Waals surface area contributed by atoms with Crippen molar-refractivity contribution < 1.29 is 22.4 Å². The van der Waals surface area contributed by atoms with Crippen LogP contribution in [0.1, 0.15) is 16.1 Å². The fourth-order valence-corrected chi connectivity index (χ4v) is 4.40. The number of rotatable bonds is 4. The third-order valence-corrected chi connectivity index (χ3v) is 6.16. The molecule has 1 aliphatic heterocycles. The highest BCUT2D eigenvalue weighted by Crippen LogP contribution is 2.34. The molecule has 12 heteroatoms. The van der Waals surface area contributed by atoms with Gasteiger partial charge in [0.15, 0.2) is 5.16 Å². The Morgan fingerprint density at radius 1 is 1.06 bits per heavy atom. The highest BCUT2D eigenvalue weighted by Gasteiger charge is 2.33. The molecule has 1 aliphatic rings. The molecule has 1 fully saturated rings. The Morgan fingerprint density at radius 3 is 2.30 bits per heavy atom. The number of piperazine rings is 1. The van der Waals surface area contributed by atoms with E-state index < -0.39 is 11.7 Å². The Labute approximate surface area is 196 Å². The predicted octanol–water partition coefficient (Wildman–Crippen LogP) is 4.76. The van der Waals surface area contributed by atoms with Gasteiger partial charge in [0.25, 0.3) is 5.91 Å². The summed E-state index contributed by atoms with van der Waals surface area (Å²) in [7, 11) is 0. The first kappa shape index (κ1) is 23.4. The maximum Gasteiger partial charge on any atom is 0.417 e. The maximum absolute atomic E-state index is 13.4. The lowest BCUT2D eigenvalue weighted by molar-refractivity contribution is -0.137. The fourth-order valence-electron chi connectivity index (χ4n) is 3.57. The molecule has 1 amide bonds. The topological polar surface area (TPSA) is 54.3 Å². The number of nitrogens with zero attached hydrogens (tertiary/aromatic N) is 5. The number of hydrogen-bond acceptors (Lipinski definition) is 5. The largest absolute Gasteiger partial charge is 0.417 e. The normalized spacial score (nSPS) is 14.6. The number of amides is 1. The summed E-state index contributed by atoms with van der Waals surface area (Å²) in [6.45, 7) is 1.34. The molecule has 0 spiro atoms. The van der Waals surface area contributed by atoms with Gasteiger partial charge in [-0.05, 0) is 36.6 Å². The third kappa shape index (κ3) is 4.79. The van der Waals surface area contributed by atoms with Crippen LogP contribution >= 0.6 is 23.4 Å². The van der Waals surface area contributed by atoms with Crippen LogP contribution in [0, 0.1) is 5.82 Å². The number of halogens is 5. The number of pyridine rings is 1. The Hall–Kier alpha value is -2.79. The van der Waals surface area contributed by atoms with Gasteiger partial charge in [-0.15, -0.1) is 0 Å². The Morgan fingerprint density at radius 2 is 1.73 bits per heavy atom. The van der Waals surface area contributed by atoms with Crippen molar-refractivity contribution >= 4 is 35.1 Å². The van der Waals surface area contributed by atoms with E-state index in [1.54, 1.807) is 26.5 Å². The van der Waals surface area contributed by atoms with Crippen molar-refractivity contribution in [1.82, 2.24) is 19.4 Å². The molecule has 1 aromatic carbocycles. The summed E-state index contributed by atoms with van der Waals surface area (Å²) in [6.07, 6.45) is -0.457. The molecule has 174 valence electrons. The average molecular weight is 500 g/mol. The molecule has 3 heterocycles. The lowest BCUT2D eigenvalue weighted by Crippen LogP contribution is -2.49. The van der Waals surface area contributed by atoms with E-state index in [9.17, 15) is 22.4 Å². The van der Waals surface area contributed by atoms with Gasteiger partial charge in [-0.2, -0.15) is 13.2 Å². The maximum atomic E-state index is 13.4. The highest BCUT2D eigenvalue weighted by molar-refractivity contribution is 7.98. The molecule has 0 unspecified atom stereocenters. The number of imidazole rings is 1. The first-order chi connectivity index (χ1) is 15.7. The molecule has 0 bridgehead atoms. The predicted molar refractivity (Wildman–Crippen MR) is 118 cm³/mol. The standard InChI is InChI=1S/C21H18ClF4N5OS/c1-33-20-28-12-17(31(20)15-4-2-14(23)3-5-15)19(32)30-8-6-29(7-9-30)18-16(22)10-13(11-27-18)21(24,25)26/h2-5,10-12H,6-9H2,1H3. The molecule has 0 atom stereocenters. The third-order valence-electron chi connectivity index (χ3n) is 5.23. The van der Waals surface area contributed by atoms with E-state index in [0.717, 1.165) is 12.3 Å². The molecule has 0 saturated carbocycles. The smallest absolute Gasteiger partial charge is 0.352 e. The van der Waals surface area contributed by atoms with E-state index in [1.807, 2.05) is 6.26 Å². The number of hydrogen-bond donors (Lipinski definition) is 0. The van der Waals surface area contributed by atoms with Crippen LogP contribution in [0.25, 0.3) is 5.69 Å². The Balaban J connectivity index is 1.51. The lowest BCUT2D eigenvalue weighted by atomic mass is 10.2. The summed E-state index contributed by atoms with van der Waals surface area (Å²) in [5, 5.41) is 0.493. The summed E-state index contributed by atoms with van der Waals surface area (Å²) >= 11 is 7.41. The van der Waals surface area contributed by atoms with Crippen molar-refractivity contribution in [3.05, 3.63) is 64.8 Å². The van der Waals surface area contributed by atoms with Crippen LogP contribution in [0.15, 0.2) is 47.9 Å². The number of thioether (sulfide) groups is 1. The second kappa shape index (κ2) is 9.22. The average Bonchev–Trinajstić information content (AvgIpc) is 3.23. The zero-order valence-corrected chi connectivity index (χ0v) is 18.9. The van der Waals surface area contributed by atoms with E-state index >= 15 is 0 Å². The molecule has 33 heavy (non-hydrogen) atoms. The molecule has 6 nitrogen and oxygen atoms in total. The van der Waals surface area contributed by atoms with Gasteiger partial charge < -0.3 is 9.80 Å². The quantitative estimate of drug-likeness (QED) is 0.382. The molecule has 0 N–H and O–H groups in total. The summed E-state index contributed by atoms with van der Waals surface area (Å²) in [6, 6.07) is 6.63. The zero-order valence-electron chi connectivity index (χ0n) is 17.3. The van der Waals surface area contributed by atoms with Gasteiger partial charge >= 0.3 is 6.18 Å². The summed E-state index contributed by atoms with van der Waals surface area (Å²) in [5.74, 6) is -0.389. The number of alkyl halides is 3. The van der Waals surface area contributed by atoms with Crippen molar-refractivity contribution in [3.8, 4) is 5.69 Å². The molecule has 1 saturated heterocycles. The number of aromatic nitrogens is 3. The van der Waals surface area contributed by atoms with Crippen molar-refractivity contribution in [1.29, 1.82) is 0 Å². The molecular formula is C21H18ClF4N5OS. The van der Waals surface area contributed by atoms with E-state index in [2.05, 4.69) is 9.97 Å². The van der Waals surface area contributed by atoms with Gasteiger partial charge in [0.1, 0.15) is 17.3 Å².